The third-order valence-electron chi connectivity index (χ3n) is 6.17. The van der Waals surface area contributed by atoms with Crippen molar-refractivity contribution in [2.45, 2.75) is 50.0 Å². The van der Waals surface area contributed by atoms with Gasteiger partial charge in [0.25, 0.3) is 0 Å². The van der Waals surface area contributed by atoms with Crippen molar-refractivity contribution >= 4 is 15.9 Å². The first kappa shape index (κ1) is 13.1. The molecule has 2 bridgehead atoms. The zero-order valence-corrected chi connectivity index (χ0v) is 13.6. The number of halogens is 1. The largest absolute Gasteiger partial charge is 0.507 e. The molecule has 2 nitrogen and oxygen atoms in total. The second kappa shape index (κ2) is 4.48. The Balaban J connectivity index is 1.95. The molecule has 0 spiro atoms. The van der Waals surface area contributed by atoms with Crippen LogP contribution in [0.2, 0.25) is 0 Å². The van der Waals surface area contributed by atoms with Gasteiger partial charge in [0.1, 0.15) is 5.75 Å². The van der Waals surface area contributed by atoms with E-state index >= 15 is 0 Å². The van der Waals surface area contributed by atoms with Gasteiger partial charge in [-0.15, -0.1) is 0 Å². The summed E-state index contributed by atoms with van der Waals surface area (Å²) in [6.07, 6.45) is 7.78. The number of benzene rings is 1. The minimum Gasteiger partial charge on any atom is -0.507 e. The highest BCUT2D eigenvalue weighted by molar-refractivity contribution is 9.10. The fourth-order valence-corrected chi connectivity index (χ4v) is 6.04. The predicted octanol–water partition coefficient (Wildman–Crippen LogP) is 3.84. The van der Waals surface area contributed by atoms with E-state index in [4.69, 9.17) is 0 Å². The summed E-state index contributed by atoms with van der Waals surface area (Å²) in [5.41, 5.74) is 3.23. The van der Waals surface area contributed by atoms with Gasteiger partial charge in [0.2, 0.25) is 0 Å². The Labute approximate surface area is 129 Å². The Morgan fingerprint density at radius 2 is 2.15 bits per heavy atom. The monoisotopic (exact) mass is 335 g/mol. The van der Waals surface area contributed by atoms with Crippen molar-refractivity contribution < 1.29 is 5.11 Å². The number of hydrogen-bond donors (Lipinski definition) is 1. The molecule has 1 saturated heterocycles. The lowest BCUT2D eigenvalue weighted by Gasteiger charge is -2.58. The first-order chi connectivity index (χ1) is 9.63. The summed E-state index contributed by atoms with van der Waals surface area (Å²) < 4.78 is 0.977. The van der Waals surface area contributed by atoms with Gasteiger partial charge in [-0.25, -0.2) is 0 Å². The third kappa shape index (κ3) is 1.59. The molecule has 108 valence electrons. The molecular weight excluding hydrogens is 314 g/mol. The Kier molecular flexibility index (Phi) is 2.94. The predicted molar refractivity (Wildman–Crippen MR) is 84.2 cm³/mol. The van der Waals surface area contributed by atoms with E-state index in [-0.39, 0.29) is 0 Å². The van der Waals surface area contributed by atoms with Gasteiger partial charge in [0.15, 0.2) is 0 Å². The Morgan fingerprint density at radius 3 is 3.00 bits per heavy atom. The number of likely N-dealkylation sites (tertiary alicyclic amines) is 1. The summed E-state index contributed by atoms with van der Waals surface area (Å²) in [7, 11) is 2.30. The van der Waals surface area contributed by atoms with Crippen LogP contribution in [-0.2, 0) is 11.8 Å². The smallest absolute Gasteiger partial charge is 0.130 e. The minimum atomic E-state index is 0.320. The van der Waals surface area contributed by atoms with Crippen LogP contribution in [0.5, 0.6) is 5.75 Å². The van der Waals surface area contributed by atoms with E-state index in [0.717, 1.165) is 16.8 Å². The van der Waals surface area contributed by atoms with E-state index in [1.807, 2.05) is 6.07 Å². The number of likely N-dealkylation sites (N-methyl/N-ethyl adjacent to an activating group) is 1. The van der Waals surface area contributed by atoms with Gasteiger partial charge in [-0.2, -0.15) is 0 Å². The van der Waals surface area contributed by atoms with Gasteiger partial charge in [-0.05, 0) is 78.3 Å². The molecule has 3 heteroatoms. The number of phenolic OH excluding ortho intramolecular Hbond substituents is 1. The van der Waals surface area contributed by atoms with Crippen molar-refractivity contribution in [3.05, 3.63) is 27.7 Å². The van der Waals surface area contributed by atoms with Crippen molar-refractivity contribution in [1.29, 1.82) is 0 Å². The van der Waals surface area contributed by atoms with Gasteiger partial charge >= 0.3 is 0 Å². The normalized spacial score (nSPS) is 36.3. The molecular formula is C17H22BrNO. The van der Waals surface area contributed by atoms with E-state index in [1.165, 1.54) is 49.8 Å². The number of rotatable bonds is 0. The van der Waals surface area contributed by atoms with Gasteiger partial charge < -0.3 is 10.0 Å². The van der Waals surface area contributed by atoms with Gasteiger partial charge in [0.05, 0.1) is 4.47 Å². The number of phenols is 1. The second-order valence-electron chi connectivity index (χ2n) is 6.94. The maximum Gasteiger partial charge on any atom is 0.130 e. The molecule has 2 fully saturated rings. The Hall–Kier alpha value is -0.540. The lowest BCUT2D eigenvalue weighted by molar-refractivity contribution is 0.00226. The van der Waals surface area contributed by atoms with Crippen molar-refractivity contribution in [3.63, 3.8) is 0 Å². The summed E-state index contributed by atoms with van der Waals surface area (Å²) in [5, 5.41) is 10.2. The van der Waals surface area contributed by atoms with E-state index < -0.39 is 0 Å². The van der Waals surface area contributed by atoms with Gasteiger partial charge in [-0.1, -0.05) is 18.9 Å². The van der Waals surface area contributed by atoms with E-state index in [1.54, 1.807) is 0 Å². The molecule has 1 heterocycles. The van der Waals surface area contributed by atoms with Crippen LogP contribution in [0, 0.1) is 5.92 Å². The Bertz CT molecular complexity index is 558. The van der Waals surface area contributed by atoms with Gasteiger partial charge in [0, 0.05) is 11.5 Å². The molecule has 1 unspecified atom stereocenters. The topological polar surface area (TPSA) is 23.5 Å². The molecule has 2 aliphatic carbocycles. The molecule has 1 aromatic carbocycles. The molecule has 20 heavy (non-hydrogen) atoms. The van der Waals surface area contributed by atoms with E-state index in [2.05, 4.69) is 33.9 Å². The summed E-state index contributed by atoms with van der Waals surface area (Å²) in [6.45, 7) is 1.20. The minimum absolute atomic E-state index is 0.320. The fraction of sp³-hybridized carbons (Fsp3) is 0.647. The zero-order chi connectivity index (χ0) is 13.9. The van der Waals surface area contributed by atoms with Crippen LogP contribution in [-0.4, -0.2) is 29.6 Å². The summed E-state index contributed by atoms with van der Waals surface area (Å²) in [5.74, 6) is 1.19. The van der Waals surface area contributed by atoms with Crippen molar-refractivity contribution in [1.82, 2.24) is 4.90 Å². The van der Waals surface area contributed by atoms with Crippen LogP contribution >= 0.6 is 15.9 Å². The average Bonchev–Trinajstić information content (AvgIpc) is 2.46. The van der Waals surface area contributed by atoms with Crippen molar-refractivity contribution in [2.24, 2.45) is 5.92 Å². The Morgan fingerprint density at radius 1 is 1.30 bits per heavy atom. The quantitative estimate of drug-likeness (QED) is 0.778. The molecule has 1 saturated carbocycles. The molecule has 3 aliphatic rings. The molecule has 1 aromatic rings. The first-order valence-corrected chi connectivity index (χ1v) is 8.64. The highest BCUT2D eigenvalue weighted by Crippen LogP contribution is 2.58. The third-order valence-corrected chi connectivity index (χ3v) is 6.98. The fourth-order valence-electron chi connectivity index (χ4n) is 5.26. The standard InChI is InChI=1S/C17H22BrNO/c1-19-9-8-17-7-3-2-4-12(17)13(19)10-11-5-6-14(20)16(18)15(11)17/h5-6,12-13,20H,2-4,7-10H2,1H3/t12?,13-,17-/m0/s1. The van der Waals surface area contributed by atoms with Crippen molar-refractivity contribution in [2.75, 3.05) is 13.6 Å². The number of fused-ring (bicyclic) bond motifs is 1. The second-order valence-corrected chi connectivity index (χ2v) is 7.74. The highest BCUT2D eigenvalue weighted by atomic mass is 79.9. The first-order valence-electron chi connectivity index (χ1n) is 7.84. The molecule has 0 radical (unpaired) electrons. The van der Waals surface area contributed by atoms with E-state index in [0.29, 0.717) is 17.2 Å². The van der Waals surface area contributed by atoms with Gasteiger partial charge in [-0.3, -0.25) is 0 Å². The maximum atomic E-state index is 10.2. The molecule has 0 aromatic heterocycles. The SMILES string of the molecule is CN1CC[C@@]23CCCCC2[C@@H]1Cc1ccc(O)c(Br)c13. The van der Waals surface area contributed by atoms with Crippen molar-refractivity contribution in [3.8, 4) is 5.75 Å². The summed E-state index contributed by atoms with van der Waals surface area (Å²) >= 11 is 3.70. The maximum absolute atomic E-state index is 10.2. The van der Waals surface area contributed by atoms with Crippen LogP contribution in [0.3, 0.4) is 0 Å². The number of aromatic hydroxyl groups is 1. The molecule has 0 amide bonds. The molecule has 3 atom stereocenters. The van der Waals surface area contributed by atoms with E-state index in [9.17, 15) is 5.11 Å². The summed E-state index contributed by atoms with van der Waals surface area (Å²) in [4.78, 5) is 2.58. The van der Waals surface area contributed by atoms with Crippen LogP contribution < -0.4 is 0 Å². The van der Waals surface area contributed by atoms with Crippen LogP contribution in [0.1, 0.15) is 43.2 Å². The highest BCUT2D eigenvalue weighted by Gasteiger charge is 2.53. The van der Waals surface area contributed by atoms with Crippen LogP contribution in [0.15, 0.2) is 16.6 Å². The van der Waals surface area contributed by atoms with Crippen LogP contribution in [0.4, 0.5) is 0 Å². The lowest BCUT2D eigenvalue weighted by atomic mass is 9.52. The average molecular weight is 336 g/mol. The summed E-state index contributed by atoms with van der Waals surface area (Å²) in [6, 6.07) is 4.72. The molecule has 1 N–H and O–H groups in total. The lowest BCUT2D eigenvalue weighted by Crippen LogP contribution is -2.59. The number of hydrogen-bond acceptors (Lipinski definition) is 2. The molecule has 4 rings (SSSR count). The number of nitrogens with zero attached hydrogens (tertiary/aromatic N) is 1. The zero-order valence-electron chi connectivity index (χ0n) is 12.0. The van der Waals surface area contributed by atoms with Crippen LogP contribution in [0.25, 0.3) is 0 Å². The number of piperidine rings is 1. The molecule has 1 aliphatic heterocycles.